The smallest absolute Gasteiger partial charge is 0.347 e. The number of carbonyl (C=O) groups excluding carboxylic acids is 2. The van der Waals surface area contributed by atoms with E-state index in [2.05, 4.69) is 5.32 Å². The van der Waals surface area contributed by atoms with Crippen LogP contribution in [0.25, 0.3) is 11.0 Å². The Kier molecular flexibility index (Phi) is 6.15. The summed E-state index contributed by atoms with van der Waals surface area (Å²) in [5, 5.41) is 12.5. The number of esters is 1. The SMILES string of the molecule is C[C@H](NC(=O)COC(=O)[C@@H](C)Oc1ccc(C#N)cc1)c1cc2ccccc2o1. The minimum absolute atomic E-state index is 0.374. The molecule has 7 heteroatoms. The van der Waals surface area contributed by atoms with E-state index in [1.54, 1.807) is 31.2 Å². The van der Waals surface area contributed by atoms with Gasteiger partial charge in [-0.15, -0.1) is 0 Å². The minimum Gasteiger partial charge on any atom is -0.479 e. The third kappa shape index (κ3) is 5.14. The number of nitrogens with one attached hydrogen (secondary N) is 1. The van der Waals surface area contributed by atoms with Crippen LogP contribution in [0, 0.1) is 11.3 Å². The lowest BCUT2D eigenvalue weighted by Crippen LogP contribution is -2.34. The lowest BCUT2D eigenvalue weighted by Gasteiger charge is -2.15. The Balaban J connectivity index is 1.47. The van der Waals surface area contributed by atoms with Crippen molar-refractivity contribution in [3.63, 3.8) is 0 Å². The number of rotatable bonds is 7. The summed E-state index contributed by atoms with van der Waals surface area (Å²) in [5.74, 6) is -0.0717. The molecule has 0 radical (unpaired) electrons. The highest BCUT2D eigenvalue weighted by molar-refractivity contribution is 5.82. The molecule has 148 valence electrons. The molecule has 2 atom stereocenters. The van der Waals surface area contributed by atoms with Crippen LogP contribution in [-0.4, -0.2) is 24.6 Å². The van der Waals surface area contributed by atoms with Gasteiger partial charge in [0.05, 0.1) is 17.7 Å². The van der Waals surface area contributed by atoms with Gasteiger partial charge in [-0.2, -0.15) is 5.26 Å². The number of furan rings is 1. The Labute approximate surface area is 167 Å². The summed E-state index contributed by atoms with van der Waals surface area (Å²) in [6, 6.07) is 17.4. The Morgan fingerprint density at radius 1 is 1.14 bits per heavy atom. The Morgan fingerprint density at radius 2 is 1.86 bits per heavy atom. The lowest BCUT2D eigenvalue weighted by molar-refractivity contribution is -0.154. The lowest BCUT2D eigenvalue weighted by atomic mass is 10.2. The zero-order chi connectivity index (χ0) is 20.8. The van der Waals surface area contributed by atoms with Crippen LogP contribution in [0.4, 0.5) is 0 Å². The van der Waals surface area contributed by atoms with Crippen molar-refractivity contribution in [3.8, 4) is 11.8 Å². The van der Waals surface area contributed by atoms with Crippen LogP contribution < -0.4 is 10.1 Å². The number of carbonyl (C=O) groups is 2. The molecule has 0 saturated heterocycles. The molecule has 0 bridgehead atoms. The molecule has 29 heavy (non-hydrogen) atoms. The second kappa shape index (κ2) is 8.93. The minimum atomic E-state index is -0.900. The fourth-order valence-electron chi connectivity index (χ4n) is 2.68. The van der Waals surface area contributed by atoms with E-state index in [-0.39, 0.29) is 6.04 Å². The molecular weight excluding hydrogens is 372 g/mol. The summed E-state index contributed by atoms with van der Waals surface area (Å²) >= 11 is 0. The van der Waals surface area contributed by atoms with Crippen molar-refractivity contribution in [1.29, 1.82) is 5.26 Å². The molecule has 1 heterocycles. The van der Waals surface area contributed by atoms with Gasteiger partial charge in [0.2, 0.25) is 0 Å². The van der Waals surface area contributed by atoms with Crippen molar-refractivity contribution in [2.75, 3.05) is 6.61 Å². The maximum atomic E-state index is 12.1. The summed E-state index contributed by atoms with van der Waals surface area (Å²) in [6.45, 7) is 2.88. The molecule has 1 amide bonds. The van der Waals surface area contributed by atoms with E-state index < -0.39 is 24.6 Å². The first-order valence-corrected chi connectivity index (χ1v) is 9.07. The second-order valence-corrected chi connectivity index (χ2v) is 6.48. The molecule has 0 spiro atoms. The molecule has 0 unspecified atom stereocenters. The highest BCUT2D eigenvalue weighted by Crippen LogP contribution is 2.23. The van der Waals surface area contributed by atoms with Crippen molar-refractivity contribution in [2.24, 2.45) is 0 Å². The van der Waals surface area contributed by atoms with Crippen LogP contribution in [0.2, 0.25) is 0 Å². The molecular formula is C22H20N2O5. The molecule has 7 nitrogen and oxygen atoms in total. The average molecular weight is 392 g/mol. The average Bonchev–Trinajstić information content (AvgIpc) is 3.17. The van der Waals surface area contributed by atoms with Gasteiger partial charge in [0.15, 0.2) is 12.7 Å². The molecule has 0 aliphatic rings. The van der Waals surface area contributed by atoms with Gasteiger partial charge < -0.3 is 19.2 Å². The van der Waals surface area contributed by atoms with Crippen molar-refractivity contribution in [2.45, 2.75) is 26.0 Å². The van der Waals surface area contributed by atoms with Crippen molar-refractivity contribution in [1.82, 2.24) is 5.32 Å². The van der Waals surface area contributed by atoms with Crippen molar-refractivity contribution >= 4 is 22.8 Å². The number of fused-ring (bicyclic) bond motifs is 1. The summed E-state index contributed by atoms with van der Waals surface area (Å²) in [6.07, 6.45) is -0.900. The number of hydrogen-bond donors (Lipinski definition) is 1. The van der Waals surface area contributed by atoms with Gasteiger partial charge in [0.25, 0.3) is 5.91 Å². The number of nitrogens with zero attached hydrogens (tertiary/aromatic N) is 1. The molecule has 3 aromatic rings. The van der Waals surface area contributed by atoms with Gasteiger partial charge in [0.1, 0.15) is 17.1 Å². The number of ether oxygens (including phenoxy) is 2. The van der Waals surface area contributed by atoms with Gasteiger partial charge in [0, 0.05) is 5.39 Å². The highest BCUT2D eigenvalue weighted by Gasteiger charge is 2.19. The number of para-hydroxylation sites is 1. The number of benzene rings is 2. The summed E-state index contributed by atoms with van der Waals surface area (Å²) < 4.78 is 16.2. The molecule has 3 rings (SSSR count). The zero-order valence-corrected chi connectivity index (χ0v) is 16.0. The normalized spacial score (nSPS) is 12.6. The fraction of sp³-hybridized carbons (Fsp3) is 0.227. The Morgan fingerprint density at radius 3 is 2.55 bits per heavy atom. The number of hydrogen-bond acceptors (Lipinski definition) is 6. The van der Waals surface area contributed by atoms with Gasteiger partial charge in [-0.25, -0.2) is 4.79 Å². The van der Waals surface area contributed by atoms with Crippen LogP contribution >= 0.6 is 0 Å². The Hall–Kier alpha value is -3.79. The van der Waals surface area contributed by atoms with Gasteiger partial charge >= 0.3 is 5.97 Å². The molecule has 1 aromatic heterocycles. The molecule has 0 aliphatic heterocycles. The van der Waals surface area contributed by atoms with Crippen LogP contribution in [0.1, 0.15) is 31.2 Å². The van der Waals surface area contributed by atoms with E-state index >= 15 is 0 Å². The third-order valence-electron chi connectivity index (χ3n) is 4.22. The van der Waals surface area contributed by atoms with Crippen LogP contribution in [0.5, 0.6) is 5.75 Å². The van der Waals surface area contributed by atoms with Crippen LogP contribution in [0.3, 0.4) is 0 Å². The maximum absolute atomic E-state index is 12.1. The predicted molar refractivity (Wildman–Crippen MR) is 105 cm³/mol. The maximum Gasteiger partial charge on any atom is 0.347 e. The summed E-state index contributed by atoms with van der Waals surface area (Å²) in [7, 11) is 0. The first-order valence-electron chi connectivity index (χ1n) is 9.07. The summed E-state index contributed by atoms with van der Waals surface area (Å²) in [5.41, 5.74) is 1.23. The fourth-order valence-corrected chi connectivity index (χ4v) is 2.68. The van der Waals surface area contributed by atoms with Gasteiger partial charge in [-0.05, 0) is 50.2 Å². The van der Waals surface area contributed by atoms with E-state index in [0.717, 1.165) is 11.0 Å². The van der Waals surface area contributed by atoms with E-state index in [4.69, 9.17) is 19.2 Å². The summed E-state index contributed by atoms with van der Waals surface area (Å²) in [4.78, 5) is 24.1. The van der Waals surface area contributed by atoms with E-state index in [1.807, 2.05) is 36.4 Å². The highest BCUT2D eigenvalue weighted by atomic mass is 16.6. The van der Waals surface area contributed by atoms with E-state index in [9.17, 15) is 9.59 Å². The molecule has 0 fully saturated rings. The monoisotopic (exact) mass is 392 g/mol. The number of amides is 1. The first kappa shape index (κ1) is 20.0. The largest absolute Gasteiger partial charge is 0.479 e. The zero-order valence-electron chi connectivity index (χ0n) is 16.0. The van der Waals surface area contributed by atoms with Crippen LogP contribution in [-0.2, 0) is 14.3 Å². The molecule has 1 N–H and O–H groups in total. The molecule has 2 aromatic carbocycles. The Bertz CT molecular complexity index is 1020. The number of nitriles is 1. The molecule has 0 aliphatic carbocycles. The topological polar surface area (TPSA) is 102 Å². The van der Waals surface area contributed by atoms with Gasteiger partial charge in [-0.1, -0.05) is 18.2 Å². The predicted octanol–water partition coefficient (Wildman–Crippen LogP) is 3.49. The second-order valence-electron chi connectivity index (χ2n) is 6.48. The van der Waals surface area contributed by atoms with E-state index in [0.29, 0.717) is 17.1 Å². The first-order chi connectivity index (χ1) is 14.0. The molecule has 0 saturated carbocycles. The van der Waals surface area contributed by atoms with Gasteiger partial charge in [-0.3, -0.25) is 4.79 Å². The van der Waals surface area contributed by atoms with Crippen molar-refractivity contribution < 1.29 is 23.5 Å². The standard InChI is InChI=1S/C22H20N2O5/c1-14(20-11-17-5-3-4-6-19(17)29-20)24-21(25)13-27-22(26)15(2)28-18-9-7-16(12-23)8-10-18/h3-11,14-15H,13H2,1-2H3,(H,24,25)/t14-,15+/m0/s1. The van der Waals surface area contributed by atoms with Crippen molar-refractivity contribution in [3.05, 3.63) is 65.9 Å². The third-order valence-corrected chi connectivity index (χ3v) is 4.22. The van der Waals surface area contributed by atoms with E-state index in [1.165, 1.54) is 6.92 Å². The van der Waals surface area contributed by atoms with Crippen LogP contribution in [0.15, 0.2) is 59.0 Å². The quantitative estimate of drug-likeness (QED) is 0.618.